The van der Waals surface area contributed by atoms with Gasteiger partial charge in [0, 0.05) is 12.1 Å². The lowest BCUT2D eigenvalue weighted by atomic mass is 10.1. The lowest BCUT2D eigenvalue weighted by Crippen LogP contribution is -2.09. The Morgan fingerprint density at radius 2 is 1.56 bits per heavy atom. The number of anilines is 1. The van der Waals surface area contributed by atoms with E-state index in [0.717, 1.165) is 7.11 Å². The predicted molar refractivity (Wildman–Crippen MR) is 78.6 cm³/mol. The number of nitriles is 3. The molecule has 0 aliphatic carbocycles. The molecule has 0 heterocycles. The van der Waals surface area contributed by atoms with Gasteiger partial charge in [-0.1, -0.05) is 0 Å². The average molecular weight is 342 g/mol. The molecule has 0 bridgehead atoms. The largest absolute Gasteiger partial charge is 0.465 e. The highest BCUT2D eigenvalue weighted by Crippen LogP contribution is 2.37. The fourth-order valence-corrected chi connectivity index (χ4v) is 1.67. The van der Waals surface area contributed by atoms with Gasteiger partial charge in [0.1, 0.15) is 23.9 Å². The van der Waals surface area contributed by atoms with Crippen molar-refractivity contribution >= 4 is 23.0 Å². The molecule has 0 saturated carbocycles. The Kier molecular flexibility index (Phi) is 5.69. The van der Waals surface area contributed by atoms with E-state index in [1.165, 1.54) is 18.2 Å². The number of nitrogens with one attached hydrogen (secondary N) is 1. The normalized spacial score (nSPS) is 8.88. The summed E-state index contributed by atoms with van der Waals surface area (Å²) in [6.45, 7) is 0. The summed E-state index contributed by atoms with van der Waals surface area (Å²) < 4.78 is 4.37. The second kappa shape index (κ2) is 7.67. The molecule has 0 saturated heterocycles. The molecule has 12 heteroatoms. The number of nitro groups is 2. The van der Waals surface area contributed by atoms with Gasteiger partial charge in [0.2, 0.25) is 0 Å². The van der Waals surface area contributed by atoms with E-state index in [9.17, 15) is 25.0 Å². The number of allylic oxidation sites excluding steroid dienone is 2. The SMILES string of the molecule is COC(=O)c1cc([N+](=O)[O-])c(NC(C#N)=C(C#N)C#N)c([N+](=O)[O-])c1. The molecule has 0 amide bonds. The topological polar surface area (TPSA) is 196 Å². The first-order valence-electron chi connectivity index (χ1n) is 6.07. The molecule has 0 aliphatic heterocycles. The van der Waals surface area contributed by atoms with Crippen LogP contribution in [-0.4, -0.2) is 22.9 Å². The number of hydrogen-bond acceptors (Lipinski definition) is 10. The maximum absolute atomic E-state index is 11.5. The molecule has 0 radical (unpaired) electrons. The van der Waals surface area contributed by atoms with Crippen LogP contribution in [0.2, 0.25) is 0 Å². The molecular weight excluding hydrogens is 336 g/mol. The summed E-state index contributed by atoms with van der Waals surface area (Å²) in [6, 6.07) is 5.58. The van der Waals surface area contributed by atoms with E-state index >= 15 is 0 Å². The second-order valence-electron chi connectivity index (χ2n) is 4.11. The van der Waals surface area contributed by atoms with Crippen LogP contribution in [0.5, 0.6) is 0 Å². The fraction of sp³-hybridized carbons (Fsp3) is 0.0769. The van der Waals surface area contributed by atoms with E-state index < -0.39 is 49.7 Å². The summed E-state index contributed by atoms with van der Waals surface area (Å²) in [5, 5.41) is 50.9. The fourth-order valence-electron chi connectivity index (χ4n) is 1.67. The average Bonchev–Trinajstić information content (AvgIpc) is 2.60. The van der Waals surface area contributed by atoms with E-state index in [0.29, 0.717) is 12.1 Å². The highest BCUT2D eigenvalue weighted by Gasteiger charge is 2.30. The first-order chi connectivity index (χ1) is 11.8. The van der Waals surface area contributed by atoms with Crippen LogP contribution >= 0.6 is 0 Å². The van der Waals surface area contributed by atoms with Crippen molar-refractivity contribution in [2.24, 2.45) is 0 Å². The predicted octanol–water partition coefficient (Wildman–Crippen LogP) is 1.53. The lowest BCUT2D eigenvalue weighted by Gasteiger charge is -2.08. The standard InChI is InChI=1S/C13H6N6O6/c1-25-13(20)7-2-10(18(21)22)12(11(3-7)19(23)24)17-9(6-16)8(4-14)5-15/h2-3,17H,1H3. The van der Waals surface area contributed by atoms with Crippen LogP contribution in [0, 0.1) is 54.2 Å². The monoisotopic (exact) mass is 342 g/mol. The first kappa shape index (κ1) is 18.5. The number of hydrogen-bond donors (Lipinski definition) is 1. The zero-order valence-corrected chi connectivity index (χ0v) is 12.3. The maximum Gasteiger partial charge on any atom is 0.338 e. The van der Waals surface area contributed by atoms with Crippen LogP contribution in [0.25, 0.3) is 0 Å². The molecule has 0 spiro atoms. The molecule has 0 unspecified atom stereocenters. The molecule has 1 aromatic carbocycles. The minimum Gasteiger partial charge on any atom is -0.465 e. The van der Waals surface area contributed by atoms with Crippen molar-refractivity contribution in [2.75, 3.05) is 12.4 Å². The summed E-state index contributed by atoms with van der Waals surface area (Å²) in [5.74, 6) is -1.05. The Hall–Kier alpha value is -4.50. The first-order valence-corrected chi connectivity index (χ1v) is 6.07. The zero-order chi connectivity index (χ0) is 19.1. The lowest BCUT2D eigenvalue weighted by molar-refractivity contribution is -0.392. The van der Waals surface area contributed by atoms with Crippen LogP contribution in [0.15, 0.2) is 23.4 Å². The molecular formula is C13H6N6O6. The van der Waals surface area contributed by atoms with E-state index in [1.807, 2.05) is 0 Å². The van der Waals surface area contributed by atoms with Gasteiger partial charge in [-0.15, -0.1) is 0 Å². The molecule has 25 heavy (non-hydrogen) atoms. The van der Waals surface area contributed by atoms with E-state index in [2.05, 4.69) is 10.1 Å². The smallest absolute Gasteiger partial charge is 0.338 e. The van der Waals surface area contributed by atoms with Crippen molar-refractivity contribution in [1.82, 2.24) is 0 Å². The van der Waals surface area contributed by atoms with Gasteiger partial charge in [0.05, 0.1) is 22.5 Å². The van der Waals surface area contributed by atoms with Gasteiger partial charge < -0.3 is 10.1 Å². The number of nitro benzene ring substituents is 2. The van der Waals surface area contributed by atoms with Crippen molar-refractivity contribution in [3.63, 3.8) is 0 Å². The summed E-state index contributed by atoms with van der Waals surface area (Å²) in [7, 11) is 0.981. The molecule has 0 aliphatic rings. The quantitative estimate of drug-likeness (QED) is 0.354. The van der Waals surface area contributed by atoms with Crippen LogP contribution in [0.4, 0.5) is 17.1 Å². The minimum absolute atomic E-state index is 0.463. The second-order valence-corrected chi connectivity index (χ2v) is 4.11. The van der Waals surface area contributed by atoms with Gasteiger partial charge in [-0.05, 0) is 0 Å². The number of nitrogens with zero attached hydrogens (tertiary/aromatic N) is 5. The van der Waals surface area contributed by atoms with Crippen molar-refractivity contribution in [3.05, 3.63) is 49.2 Å². The number of esters is 1. The van der Waals surface area contributed by atoms with Crippen molar-refractivity contribution in [2.45, 2.75) is 0 Å². The third-order valence-corrected chi connectivity index (χ3v) is 2.75. The van der Waals surface area contributed by atoms with Crippen LogP contribution in [0.3, 0.4) is 0 Å². The summed E-state index contributed by atoms with van der Waals surface area (Å²) >= 11 is 0. The van der Waals surface area contributed by atoms with Gasteiger partial charge >= 0.3 is 17.3 Å². The summed E-state index contributed by atoms with van der Waals surface area (Å²) in [5.41, 5.74) is -4.52. The number of benzene rings is 1. The van der Waals surface area contributed by atoms with Crippen LogP contribution in [-0.2, 0) is 4.74 Å². The van der Waals surface area contributed by atoms with Gasteiger partial charge in [-0.25, -0.2) is 4.79 Å². The molecule has 124 valence electrons. The number of carbonyl (C=O) groups excluding carboxylic acids is 1. The highest BCUT2D eigenvalue weighted by molar-refractivity contribution is 5.94. The summed E-state index contributed by atoms with van der Waals surface area (Å²) in [4.78, 5) is 31.9. The Bertz CT molecular complexity index is 879. The van der Waals surface area contributed by atoms with Gasteiger partial charge in [-0.2, -0.15) is 15.8 Å². The number of carbonyl (C=O) groups is 1. The molecule has 1 rings (SSSR count). The van der Waals surface area contributed by atoms with Crippen molar-refractivity contribution < 1.29 is 19.4 Å². The molecule has 12 nitrogen and oxygen atoms in total. The summed E-state index contributed by atoms with van der Waals surface area (Å²) in [6.07, 6.45) is 0. The van der Waals surface area contributed by atoms with Crippen LogP contribution in [0.1, 0.15) is 10.4 Å². The molecule has 1 aromatic rings. The third kappa shape index (κ3) is 3.83. The Morgan fingerprint density at radius 3 is 1.88 bits per heavy atom. The van der Waals surface area contributed by atoms with Gasteiger partial charge in [0.25, 0.3) is 0 Å². The minimum atomic E-state index is -1.05. The van der Waals surface area contributed by atoms with Crippen molar-refractivity contribution in [1.29, 1.82) is 15.8 Å². The zero-order valence-electron chi connectivity index (χ0n) is 12.3. The Balaban J connectivity index is 3.78. The van der Waals surface area contributed by atoms with E-state index in [-0.39, 0.29) is 0 Å². The molecule has 0 fully saturated rings. The maximum atomic E-state index is 11.5. The number of ether oxygens (including phenoxy) is 1. The van der Waals surface area contributed by atoms with E-state index in [4.69, 9.17) is 15.8 Å². The highest BCUT2D eigenvalue weighted by atomic mass is 16.6. The van der Waals surface area contributed by atoms with E-state index in [1.54, 1.807) is 0 Å². The van der Waals surface area contributed by atoms with Gasteiger partial charge in [-0.3, -0.25) is 20.2 Å². The molecule has 0 aromatic heterocycles. The Morgan fingerprint density at radius 1 is 1.08 bits per heavy atom. The number of rotatable bonds is 5. The van der Waals surface area contributed by atoms with Crippen molar-refractivity contribution in [3.8, 4) is 18.2 Å². The number of methoxy groups -OCH3 is 1. The third-order valence-electron chi connectivity index (χ3n) is 2.75. The molecule has 1 N–H and O–H groups in total. The molecule has 0 atom stereocenters. The van der Waals surface area contributed by atoms with Crippen LogP contribution < -0.4 is 5.32 Å². The Labute approximate surface area is 139 Å². The van der Waals surface area contributed by atoms with Gasteiger partial charge in [0.15, 0.2) is 11.3 Å².